The summed E-state index contributed by atoms with van der Waals surface area (Å²) < 4.78 is 10.9. The first-order valence-corrected chi connectivity index (χ1v) is 7.85. The molecule has 0 saturated heterocycles. The summed E-state index contributed by atoms with van der Waals surface area (Å²) >= 11 is 3.21. The van der Waals surface area contributed by atoms with Crippen molar-refractivity contribution in [1.82, 2.24) is 0 Å². The molecule has 0 aliphatic heterocycles. The van der Waals surface area contributed by atoms with Crippen LogP contribution in [0.4, 0.5) is 5.69 Å². The van der Waals surface area contributed by atoms with Crippen LogP contribution in [0.15, 0.2) is 46.9 Å². The number of ether oxygens (including phenoxy) is 2. The van der Waals surface area contributed by atoms with Gasteiger partial charge in [0.25, 0.3) is 5.91 Å². The highest BCUT2D eigenvalue weighted by atomic mass is 79.9. The molecule has 126 valence electrons. The number of anilines is 1. The van der Waals surface area contributed by atoms with Crippen molar-refractivity contribution in [3.8, 4) is 11.5 Å². The predicted molar refractivity (Wildman–Crippen MR) is 92.3 cm³/mol. The Labute approximate surface area is 147 Å². The molecule has 1 amide bonds. The van der Waals surface area contributed by atoms with Crippen molar-refractivity contribution < 1.29 is 24.2 Å². The highest BCUT2D eigenvalue weighted by Crippen LogP contribution is 2.25. The van der Waals surface area contributed by atoms with Crippen LogP contribution in [0.25, 0.3) is 0 Å². The molecule has 0 saturated carbocycles. The van der Waals surface area contributed by atoms with E-state index in [4.69, 9.17) is 9.47 Å². The number of carbonyl (C=O) groups is 2. The van der Waals surface area contributed by atoms with Crippen molar-refractivity contribution in [3.63, 3.8) is 0 Å². The van der Waals surface area contributed by atoms with E-state index < -0.39 is 18.0 Å². The molecule has 0 unspecified atom stereocenters. The number of nitrogens with one attached hydrogen (secondary N) is 1. The van der Waals surface area contributed by atoms with Crippen LogP contribution in [0.2, 0.25) is 0 Å². The smallest absolute Gasteiger partial charge is 0.342 e. The molecule has 0 bridgehead atoms. The average molecular weight is 394 g/mol. The van der Waals surface area contributed by atoms with Gasteiger partial charge >= 0.3 is 5.97 Å². The topological polar surface area (TPSA) is 84.9 Å². The number of esters is 1. The zero-order valence-electron chi connectivity index (χ0n) is 13.1. The van der Waals surface area contributed by atoms with Crippen LogP contribution in [-0.4, -0.2) is 30.2 Å². The zero-order valence-corrected chi connectivity index (χ0v) is 14.7. The minimum Gasteiger partial charge on any atom is -0.507 e. The van der Waals surface area contributed by atoms with Gasteiger partial charge in [0.05, 0.1) is 12.8 Å². The lowest BCUT2D eigenvalue weighted by molar-refractivity contribution is -0.123. The summed E-state index contributed by atoms with van der Waals surface area (Å²) in [6.07, 6.45) is -1.05. The van der Waals surface area contributed by atoms with Crippen molar-refractivity contribution >= 4 is 33.5 Å². The van der Waals surface area contributed by atoms with Crippen LogP contribution in [0.5, 0.6) is 11.5 Å². The first-order valence-electron chi connectivity index (χ1n) is 7.05. The second-order valence-corrected chi connectivity index (χ2v) is 5.81. The monoisotopic (exact) mass is 393 g/mol. The highest BCUT2D eigenvalue weighted by molar-refractivity contribution is 9.10. The van der Waals surface area contributed by atoms with E-state index in [1.54, 1.807) is 30.3 Å². The molecular formula is C17H16BrNO5. The molecule has 0 heterocycles. The number of methoxy groups -OCH3 is 1. The van der Waals surface area contributed by atoms with E-state index in [-0.39, 0.29) is 11.3 Å². The Bertz CT molecular complexity index is 762. The lowest BCUT2D eigenvalue weighted by Gasteiger charge is -2.15. The summed E-state index contributed by atoms with van der Waals surface area (Å²) in [5, 5.41) is 12.4. The Morgan fingerprint density at radius 2 is 1.92 bits per heavy atom. The number of para-hydroxylation sites is 2. The fraction of sp³-hybridized carbons (Fsp3) is 0.176. The summed E-state index contributed by atoms with van der Waals surface area (Å²) in [7, 11) is 1.49. The third-order valence-corrected chi connectivity index (χ3v) is 3.69. The van der Waals surface area contributed by atoms with Gasteiger partial charge in [-0.1, -0.05) is 28.1 Å². The maximum Gasteiger partial charge on any atom is 0.342 e. The first-order chi connectivity index (χ1) is 11.4. The van der Waals surface area contributed by atoms with Crippen LogP contribution in [0.3, 0.4) is 0 Å². The minimum absolute atomic E-state index is 0.0266. The summed E-state index contributed by atoms with van der Waals surface area (Å²) in [4.78, 5) is 24.3. The van der Waals surface area contributed by atoms with Gasteiger partial charge in [-0.25, -0.2) is 4.79 Å². The van der Waals surface area contributed by atoms with Crippen LogP contribution < -0.4 is 10.1 Å². The molecule has 1 atom stereocenters. The van der Waals surface area contributed by atoms with Gasteiger partial charge in [-0.3, -0.25) is 4.79 Å². The number of hydrogen-bond donors (Lipinski definition) is 2. The molecule has 0 aromatic heterocycles. The second kappa shape index (κ2) is 7.83. The average Bonchev–Trinajstić information content (AvgIpc) is 2.57. The van der Waals surface area contributed by atoms with Crippen LogP contribution >= 0.6 is 15.9 Å². The lowest BCUT2D eigenvalue weighted by atomic mass is 10.2. The molecule has 2 aromatic carbocycles. The quantitative estimate of drug-likeness (QED) is 0.760. The normalized spacial score (nSPS) is 11.5. The first kappa shape index (κ1) is 17.8. The van der Waals surface area contributed by atoms with Crippen molar-refractivity contribution in [2.24, 2.45) is 0 Å². The van der Waals surface area contributed by atoms with Crippen molar-refractivity contribution in [3.05, 3.63) is 52.5 Å². The predicted octanol–water partition coefficient (Wildman–Crippen LogP) is 3.35. The third-order valence-electron chi connectivity index (χ3n) is 3.20. The molecule has 7 heteroatoms. The van der Waals surface area contributed by atoms with Crippen molar-refractivity contribution in [2.45, 2.75) is 13.0 Å². The summed E-state index contributed by atoms with van der Waals surface area (Å²) in [6, 6.07) is 11.3. The molecule has 2 aromatic rings. The van der Waals surface area contributed by atoms with E-state index in [1.165, 1.54) is 26.2 Å². The second-order valence-electron chi connectivity index (χ2n) is 4.90. The molecule has 2 rings (SSSR count). The van der Waals surface area contributed by atoms with Gasteiger partial charge in [0, 0.05) is 4.47 Å². The van der Waals surface area contributed by atoms with Gasteiger partial charge in [-0.05, 0) is 37.3 Å². The Hall–Kier alpha value is -2.54. The molecule has 0 radical (unpaired) electrons. The summed E-state index contributed by atoms with van der Waals surface area (Å²) in [6.45, 7) is 1.44. The van der Waals surface area contributed by atoms with Crippen molar-refractivity contribution in [2.75, 3.05) is 12.4 Å². The highest BCUT2D eigenvalue weighted by Gasteiger charge is 2.22. The molecule has 2 N–H and O–H groups in total. The molecule has 0 aliphatic rings. The van der Waals surface area contributed by atoms with E-state index >= 15 is 0 Å². The standard InChI is InChI=1S/C17H16BrNO5/c1-10(16(21)19-13-5-3-4-6-15(13)23-2)24-17(22)12-9-11(18)7-8-14(12)20/h3-10,20H,1-2H3,(H,19,21)/t10-/m1/s1. The minimum atomic E-state index is -1.05. The molecular weight excluding hydrogens is 378 g/mol. The number of halogens is 1. The molecule has 0 spiro atoms. The number of phenolic OH excluding ortho intramolecular Hbond substituents is 1. The Morgan fingerprint density at radius 3 is 2.62 bits per heavy atom. The largest absolute Gasteiger partial charge is 0.507 e. The molecule has 6 nitrogen and oxygen atoms in total. The van der Waals surface area contributed by atoms with Crippen LogP contribution in [-0.2, 0) is 9.53 Å². The fourth-order valence-corrected chi connectivity index (χ4v) is 2.29. The van der Waals surface area contributed by atoms with Crippen LogP contribution in [0, 0.1) is 0 Å². The fourth-order valence-electron chi connectivity index (χ4n) is 1.93. The summed E-state index contributed by atoms with van der Waals surface area (Å²) in [5.74, 6) is -1.03. The van der Waals surface area contributed by atoms with E-state index in [2.05, 4.69) is 21.2 Å². The number of carbonyl (C=O) groups excluding carboxylic acids is 2. The molecule has 0 fully saturated rings. The van der Waals surface area contributed by atoms with Gasteiger partial charge in [0.2, 0.25) is 0 Å². The lowest BCUT2D eigenvalue weighted by Crippen LogP contribution is -2.30. The van der Waals surface area contributed by atoms with E-state index in [9.17, 15) is 14.7 Å². The van der Waals surface area contributed by atoms with Gasteiger partial charge in [0.15, 0.2) is 6.10 Å². The third kappa shape index (κ3) is 4.26. The van der Waals surface area contributed by atoms with E-state index in [0.29, 0.717) is 15.9 Å². The SMILES string of the molecule is COc1ccccc1NC(=O)[C@@H](C)OC(=O)c1cc(Br)ccc1O. The Morgan fingerprint density at radius 1 is 1.21 bits per heavy atom. The van der Waals surface area contributed by atoms with Crippen LogP contribution in [0.1, 0.15) is 17.3 Å². The van der Waals surface area contributed by atoms with E-state index in [0.717, 1.165) is 0 Å². The molecule has 24 heavy (non-hydrogen) atoms. The maximum absolute atomic E-state index is 12.2. The van der Waals surface area contributed by atoms with Gasteiger partial charge in [-0.15, -0.1) is 0 Å². The van der Waals surface area contributed by atoms with Gasteiger partial charge in [0.1, 0.15) is 17.1 Å². The van der Waals surface area contributed by atoms with Crippen molar-refractivity contribution in [1.29, 1.82) is 0 Å². The van der Waals surface area contributed by atoms with E-state index in [1.807, 2.05) is 0 Å². The number of benzene rings is 2. The Kier molecular flexibility index (Phi) is 5.81. The number of amides is 1. The number of hydrogen-bond acceptors (Lipinski definition) is 5. The number of aromatic hydroxyl groups is 1. The van der Waals surface area contributed by atoms with Gasteiger partial charge in [-0.2, -0.15) is 0 Å². The summed E-state index contributed by atoms with van der Waals surface area (Å²) in [5.41, 5.74) is 0.444. The number of rotatable bonds is 5. The zero-order chi connectivity index (χ0) is 17.7. The van der Waals surface area contributed by atoms with Gasteiger partial charge < -0.3 is 19.9 Å². The number of phenols is 1. The Balaban J connectivity index is 2.06. The molecule has 0 aliphatic carbocycles. The maximum atomic E-state index is 12.2.